The maximum Gasteiger partial charge on any atom is 0.287 e. The minimum atomic E-state index is -0.147. The monoisotopic (exact) mass is 373 g/mol. The zero-order valence-corrected chi connectivity index (χ0v) is 15.9. The van der Waals surface area contributed by atoms with Crippen LogP contribution >= 0.6 is 0 Å². The number of morpholine rings is 1. The smallest absolute Gasteiger partial charge is 0.287 e. The van der Waals surface area contributed by atoms with Crippen molar-refractivity contribution in [2.24, 2.45) is 11.3 Å². The van der Waals surface area contributed by atoms with Crippen molar-refractivity contribution in [1.29, 1.82) is 0 Å². The second kappa shape index (κ2) is 7.48. The van der Waals surface area contributed by atoms with Crippen LogP contribution in [0.2, 0.25) is 0 Å². The van der Waals surface area contributed by atoms with E-state index in [1.807, 2.05) is 0 Å². The van der Waals surface area contributed by atoms with Crippen molar-refractivity contribution in [2.75, 3.05) is 26.3 Å². The van der Waals surface area contributed by atoms with Crippen LogP contribution in [0.3, 0.4) is 0 Å². The van der Waals surface area contributed by atoms with E-state index in [0.29, 0.717) is 11.7 Å². The van der Waals surface area contributed by atoms with Gasteiger partial charge in [-0.3, -0.25) is 9.69 Å². The Balaban J connectivity index is 1.29. The first-order valence-electron chi connectivity index (χ1n) is 9.61. The van der Waals surface area contributed by atoms with E-state index in [0.717, 1.165) is 57.1 Å². The molecule has 2 aromatic rings. The van der Waals surface area contributed by atoms with E-state index < -0.39 is 0 Å². The fourth-order valence-electron chi connectivity index (χ4n) is 4.00. The van der Waals surface area contributed by atoms with Gasteiger partial charge in [0, 0.05) is 25.2 Å². The summed E-state index contributed by atoms with van der Waals surface area (Å²) in [7, 11) is 0. The molecule has 27 heavy (non-hydrogen) atoms. The highest BCUT2D eigenvalue weighted by atomic mass is 16.5. The summed E-state index contributed by atoms with van der Waals surface area (Å²) in [5.41, 5.74) is 0.998. The minimum absolute atomic E-state index is 0.00553. The van der Waals surface area contributed by atoms with Crippen molar-refractivity contribution in [2.45, 2.75) is 39.3 Å². The summed E-state index contributed by atoms with van der Waals surface area (Å²) in [6.45, 7) is 8.61. The van der Waals surface area contributed by atoms with Crippen LogP contribution in [0.15, 0.2) is 33.4 Å². The van der Waals surface area contributed by atoms with Crippen molar-refractivity contribution < 1.29 is 18.5 Å². The highest BCUT2D eigenvalue weighted by molar-refractivity contribution is 5.91. The van der Waals surface area contributed by atoms with Crippen molar-refractivity contribution in [3.05, 3.63) is 41.7 Å². The Labute approximate surface area is 159 Å². The van der Waals surface area contributed by atoms with Gasteiger partial charge in [-0.25, -0.2) is 0 Å². The van der Waals surface area contributed by atoms with Gasteiger partial charge >= 0.3 is 0 Å². The summed E-state index contributed by atoms with van der Waals surface area (Å²) >= 11 is 0. The minimum Gasteiger partial charge on any atom is -0.459 e. The summed E-state index contributed by atoms with van der Waals surface area (Å²) in [5.74, 6) is 1.58. The summed E-state index contributed by atoms with van der Waals surface area (Å²) < 4.78 is 16.1. The topological polar surface area (TPSA) is 80.7 Å². The van der Waals surface area contributed by atoms with Gasteiger partial charge in [0.1, 0.15) is 0 Å². The number of rotatable bonds is 6. The summed E-state index contributed by atoms with van der Waals surface area (Å²) in [6.07, 6.45) is 3.32. The van der Waals surface area contributed by atoms with Crippen molar-refractivity contribution in [1.82, 2.24) is 15.4 Å². The first-order valence-corrected chi connectivity index (χ1v) is 9.61. The van der Waals surface area contributed by atoms with Gasteiger partial charge in [-0.2, -0.15) is 0 Å². The highest BCUT2D eigenvalue weighted by Crippen LogP contribution is 2.47. The first-order chi connectivity index (χ1) is 13.0. The predicted octanol–water partition coefficient (Wildman–Crippen LogP) is 2.49. The average molecular weight is 373 g/mol. The Kier molecular flexibility index (Phi) is 5.06. The van der Waals surface area contributed by atoms with Crippen LogP contribution in [0.4, 0.5) is 0 Å². The van der Waals surface area contributed by atoms with Crippen molar-refractivity contribution in [3.63, 3.8) is 0 Å². The van der Waals surface area contributed by atoms with Gasteiger partial charge in [0.2, 0.25) is 0 Å². The molecule has 1 N–H and O–H groups in total. The second-order valence-corrected chi connectivity index (χ2v) is 8.13. The van der Waals surface area contributed by atoms with Crippen LogP contribution in [0.1, 0.15) is 42.3 Å². The Morgan fingerprint density at radius 2 is 2.19 bits per heavy atom. The van der Waals surface area contributed by atoms with E-state index in [9.17, 15) is 4.79 Å². The molecule has 1 aliphatic heterocycles. The number of hydrogen-bond acceptors (Lipinski definition) is 6. The maximum absolute atomic E-state index is 12.2. The van der Waals surface area contributed by atoms with Crippen LogP contribution in [0.5, 0.6) is 0 Å². The molecule has 2 aromatic heterocycles. The lowest BCUT2D eigenvalue weighted by molar-refractivity contribution is 0.0131. The molecule has 2 fully saturated rings. The molecule has 4 rings (SSSR count). The number of furan rings is 1. The standard InChI is InChI=1S/C20H27N3O4/c1-20(2)14(11-18(20)21-19(24)17-4-3-7-26-17)10-15-12-16(27-22-15)13-23-5-8-25-9-6-23/h3-4,7,12,14,18H,5-6,8-11,13H2,1-2H3,(H,21,24). The SMILES string of the molecule is CC1(C)C(Cc2cc(CN3CCOCC3)on2)CC1NC(=O)c1ccco1. The van der Waals surface area contributed by atoms with Gasteiger partial charge in [0.25, 0.3) is 5.91 Å². The van der Waals surface area contributed by atoms with Crippen molar-refractivity contribution in [3.8, 4) is 0 Å². The maximum atomic E-state index is 12.2. The molecule has 1 saturated carbocycles. The molecule has 1 saturated heterocycles. The van der Waals surface area contributed by atoms with E-state index >= 15 is 0 Å². The van der Waals surface area contributed by atoms with Crippen LogP contribution in [-0.2, 0) is 17.7 Å². The molecule has 3 heterocycles. The molecule has 1 aliphatic carbocycles. The number of hydrogen-bond donors (Lipinski definition) is 1. The molecule has 2 unspecified atom stereocenters. The molecule has 0 radical (unpaired) electrons. The van der Waals surface area contributed by atoms with Crippen LogP contribution < -0.4 is 5.32 Å². The zero-order chi connectivity index (χ0) is 18.9. The molecule has 146 valence electrons. The molecular weight excluding hydrogens is 346 g/mol. The lowest BCUT2D eigenvalue weighted by Gasteiger charge is -2.52. The Hall–Kier alpha value is -2.12. The molecule has 2 atom stereocenters. The number of amides is 1. The van der Waals surface area contributed by atoms with Crippen molar-refractivity contribution >= 4 is 5.91 Å². The number of aromatic nitrogens is 1. The van der Waals surface area contributed by atoms with E-state index in [4.69, 9.17) is 13.7 Å². The quantitative estimate of drug-likeness (QED) is 0.838. The normalized spacial score (nSPS) is 25.1. The van der Waals surface area contributed by atoms with E-state index in [2.05, 4.69) is 35.3 Å². The number of carbonyl (C=O) groups excluding carboxylic acids is 1. The molecule has 0 spiro atoms. The second-order valence-electron chi connectivity index (χ2n) is 8.13. The summed E-state index contributed by atoms with van der Waals surface area (Å²) in [4.78, 5) is 14.5. The molecule has 7 heteroatoms. The van der Waals surface area contributed by atoms with Gasteiger partial charge in [-0.05, 0) is 36.3 Å². The number of nitrogens with one attached hydrogen (secondary N) is 1. The first kappa shape index (κ1) is 18.3. The van der Waals surface area contributed by atoms with Gasteiger partial charge in [-0.15, -0.1) is 0 Å². The zero-order valence-electron chi connectivity index (χ0n) is 15.9. The third kappa shape index (κ3) is 3.94. The molecule has 2 aliphatic rings. The Bertz CT molecular complexity index is 762. The van der Waals surface area contributed by atoms with Crippen LogP contribution in [0, 0.1) is 11.3 Å². The molecule has 0 bridgehead atoms. The van der Waals surface area contributed by atoms with Gasteiger partial charge in [-0.1, -0.05) is 19.0 Å². The average Bonchev–Trinajstić information content (AvgIpc) is 3.34. The fourth-order valence-corrected chi connectivity index (χ4v) is 4.00. The molecule has 0 aromatic carbocycles. The van der Waals surface area contributed by atoms with E-state index in [-0.39, 0.29) is 17.4 Å². The number of nitrogens with zero attached hydrogens (tertiary/aromatic N) is 2. The molecular formula is C20H27N3O4. The van der Waals surface area contributed by atoms with E-state index in [1.54, 1.807) is 12.1 Å². The molecule has 7 nitrogen and oxygen atoms in total. The predicted molar refractivity (Wildman–Crippen MR) is 98.2 cm³/mol. The van der Waals surface area contributed by atoms with Gasteiger partial charge in [0.05, 0.1) is 31.7 Å². The number of carbonyl (C=O) groups is 1. The van der Waals surface area contributed by atoms with Gasteiger partial charge < -0.3 is 19.0 Å². The lowest BCUT2D eigenvalue weighted by Crippen LogP contribution is -2.58. The van der Waals surface area contributed by atoms with Crippen LogP contribution in [-0.4, -0.2) is 48.3 Å². The number of ether oxygens (including phenoxy) is 1. The lowest BCUT2D eigenvalue weighted by atomic mass is 9.57. The van der Waals surface area contributed by atoms with E-state index in [1.165, 1.54) is 6.26 Å². The third-order valence-corrected chi connectivity index (χ3v) is 6.07. The summed E-state index contributed by atoms with van der Waals surface area (Å²) in [5, 5.41) is 7.35. The third-order valence-electron chi connectivity index (χ3n) is 6.07. The highest BCUT2D eigenvalue weighted by Gasteiger charge is 2.48. The van der Waals surface area contributed by atoms with Crippen LogP contribution in [0.25, 0.3) is 0 Å². The fraction of sp³-hybridized carbons (Fsp3) is 0.600. The Morgan fingerprint density at radius 1 is 1.37 bits per heavy atom. The Morgan fingerprint density at radius 3 is 2.89 bits per heavy atom. The largest absolute Gasteiger partial charge is 0.459 e. The summed E-state index contributed by atoms with van der Waals surface area (Å²) in [6, 6.07) is 5.62. The van der Waals surface area contributed by atoms with Gasteiger partial charge in [0.15, 0.2) is 11.5 Å². The molecule has 1 amide bonds.